The van der Waals surface area contributed by atoms with E-state index in [1.807, 2.05) is 6.92 Å². The zero-order valence-electron chi connectivity index (χ0n) is 7.49. The normalized spacial score (nSPS) is 15.6. The quantitative estimate of drug-likeness (QED) is 0.621. The molecular weight excluding hydrogens is 176 g/mol. The lowest BCUT2D eigenvalue weighted by Crippen LogP contribution is -2.20. The van der Waals surface area contributed by atoms with Crippen LogP contribution in [0, 0.1) is 5.92 Å². The molecule has 0 aromatic heterocycles. The summed E-state index contributed by atoms with van der Waals surface area (Å²) < 4.78 is 0. The van der Waals surface area contributed by atoms with Crippen molar-refractivity contribution in [2.24, 2.45) is 5.92 Å². The minimum atomic E-state index is -0.751. The maximum absolute atomic E-state index is 10.5. The molecule has 0 fully saturated rings. The average Bonchev–Trinajstić information content (AvgIpc) is 2.03. The summed E-state index contributed by atoms with van der Waals surface area (Å²) in [5.74, 6) is -0.234. The first-order valence-corrected chi connectivity index (χ1v) is 5.09. The number of hydrogen-bond acceptors (Lipinski definition) is 3. The van der Waals surface area contributed by atoms with E-state index in [1.54, 1.807) is 18.7 Å². The summed E-state index contributed by atoms with van der Waals surface area (Å²) in [7, 11) is 0. The predicted molar refractivity (Wildman–Crippen MR) is 50.4 cm³/mol. The minimum absolute atomic E-state index is 0.119. The third-order valence-corrected chi connectivity index (χ3v) is 3.24. The van der Waals surface area contributed by atoms with Crippen LogP contribution in [0.25, 0.3) is 0 Å². The highest BCUT2D eigenvalue weighted by atomic mass is 32.2. The summed E-state index contributed by atoms with van der Waals surface area (Å²) in [6, 6.07) is 0. The molecule has 0 saturated heterocycles. The molecule has 2 N–H and O–H groups in total. The maximum Gasteiger partial charge on any atom is 0.307 e. The Labute approximate surface area is 77.2 Å². The van der Waals surface area contributed by atoms with Crippen molar-refractivity contribution < 1.29 is 15.0 Å². The van der Waals surface area contributed by atoms with Gasteiger partial charge in [-0.3, -0.25) is 4.79 Å². The molecule has 0 aromatic carbocycles. The number of thioether (sulfide) groups is 1. The molecule has 0 rings (SSSR count). The number of carboxylic acids is 1. The van der Waals surface area contributed by atoms with Gasteiger partial charge in [0.1, 0.15) is 0 Å². The zero-order valence-corrected chi connectivity index (χ0v) is 8.30. The Balaban J connectivity index is 3.56. The summed E-state index contributed by atoms with van der Waals surface area (Å²) in [5, 5.41) is 17.3. The van der Waals surface area contributed by atoms with Gasteiger partial charge in [0.2, 0.25) is 0 Å². The van der Waals surface area contributed by atoms with Crippen molar-refractivity contribution in [2.75, 3.05) is 12.4 Å². The summed E-state index contributed by atoms with van der Waals surface area (Å²) in [6.07, 6.45) is 0.737. The molecule has 0 aromatic rings. The smallest absolute Gasteiger partial charge is 0.307 e. The number of hydrogen-bond donors (Lipinski definition) is 2. The molecule has 2 atom stereocenters. The van der Waals surface area contributed by atoms with Crippen molar-refractivity contribution in [3.63, 3.8) is 0 Å². The van der Waals surface area contributed by atoms with Gasteiger partial charge in [-0.05, 0) is 12.2 Å². The lowest BCUT2D eigenvalue weighted by molar-refractivity contribution is -0.140. The van der Waals surface area contributed by atoms with Crippen molar-refractivity contribution in [3.05, 3.63) is 0 Å². The Hall–Kier alpha value is -0.220. The van der Waals surface area contributed by atoms with Gasteiger partial charge in [-0.1, -0.05) is 13.8 Å². The van der Waals surface area contributed by atoms with Crippen LogP contribution in [0.5, 0.6) is 0 Å². The van der Waals surface area contributed by atoms with Crippen LogP contribution < -0.4 is 0 Å². The largest absolute Gasteiger partial charge is 0.481 e. The van der Waals surface area contributed by atoms with Crippen LogP contribution in [0.2, 0.25) is 0 Å². The van der Waals surface area contributed by atoms with E-state index in [2.05, 4.69) is 0 Å². The van der Waals surface area contributed by atoms with Gasteiger partial charge < -0.3 is 10.2 Å². The SMILES string of the molecule is CC(SCCCO)C(C)C(=O)O. The van der Waals surface area contributed by atoms with Crippen LogP contribution in [0.3, 0.4) is 0 Å². The molecule has 72 valence electrons. The average molecular weight is 192 g/mol. The van der Waals surface area contributed by atoms with Crippen LogP contribution in [0.15, 0.2) is 0 Å². The molecule has 0 spiro atoms. The van der Waals surface area contributed by atoms with E-state index in [-0.39, 0.29) is 17.8 Å². The van der Waals surface area contributed by atoms with Crippen molar-refractivity contribution in [3.8, 4) is 0 Å². The number of rotatable bonds is 6. The molecule has 0 bridgehead atoms. The number of carboxylic acid groups (broad SMARTS) is 1. The molecule has 0 amide bonds. The first-order valence-electron chi connectivity index (χ1n) is 4.05. The molecule has 4 heteroatoms. The lowest BCUT2D eigenvalue weighted by atomic mass is 10.1. The molecule has 3 nitrogen and oxygen atoms in total. The third kappa shape index (κ3) is 4.62. The molecule has 0 aliphatic rings. The fraction of sp³-hybridized carbons (Fsp3) is 0.875. The van der Waals surface area contributed by atoms with Gasteiger partial charge in [0.25, 0.3) is 0 Å². The van der Waals surface area contributed by atoms with Gasteiger partial charge in [0, 0.05) is 11.9 Å². The van der Waals surface area contributed by atoms with Crippen molar-refractivity contribution in [1.82, 2.24) is 0 Å². The van der Waals surface area contributed by atoms with Crippen LogP contribution >= 0.6 is 11.8 Å². The van der Waals surface area contributed by atoms with Crippen LogP contribution in [0.4, 0.5) is 0 Å². The number of aliphatic hydroxyl groups is 1. The number of aliphatic carboxylic acids is 1. The van der Waals surface area contributed by atoms with E-state index in [0.29, 0.717) is 0 Å². The Morgan fingerprint density at radius 1 is 1.50 bits per heavy atom. The van der Waals surface area contributed by atoms with Crippen LogP contribution in [-0.4, -0.2) is 33.8 Å². The fourth-order valence-electron chi connectivity index (χ4n) is 0.679. The summed E-state index contributed by atoms with van der Waals surface area (Å²) in [6.45, 7) is 3.79. The highest BCUT2D eigenvalue weighted by molar-refractivity contribution is 7.99. The van der Waals surface area contributed by atoms with Gasteiger partial charge in [0.15, 0.2) is 0 Å². The van der Waals surface area contributed by atoms with E-state index in [9.17, 15) is 4.79 Å². The monoisotopic (exact) mass is 192 g/mol. The Morgan fingerprint density at radius 2 is 2.08 bits per heavy atom. The van der Waals surface area contributed by atoms with Crippen molar-refractivity contribution in [2.45, 2.75) is 25.5 Å². The van der Waals surface area contributed by atoms with Gasteiger partial charge in [-0.25, -0.2) is 0 Å². The summed E-state index contributed by atoms with van der Waals surface area (Å²) in [5.41, 5.74) is 0. The minimum Gasteiger partial charge on any atom is -0.481 e. The molecule has 12 heavy (non-hydrogen) atoms. The molecular formula is C8H16O3S. The van der Waals surface area contributed by atoms with Crippen LogP contribution in [0.1, 0.15) is 20.3 Å². The van der Waals surface area contributed by atoms with Gasteiger partial charge in [0.05, 0.1) is 5.92 Å². The van der Waals surface area contributed by atoms with E-state index < -0.39 is 5.97 Å². The van der Waals surface area contributed by atoms with E-state index in [1.165, 1.54) is 0 Å². The molecule has 0 radical (unpaired) electrons. The highest BCUT2D eigenvalue weighted by Crippen LogP contribution is 2.19. The topological polar surface area (TPSA) is 57.5 Å². The molecule has 0 heterocycles. The van der Waals surface area contributed by atoms with Gasteiger partial charge in [-0.2, -0.15) is 11.8 Å². The first-order chi connectivity index (χ1) is 5.59. The van der Waals surface area contributed by atoms with Crippen molar-refractivity contribution in [1.29, 1.82) is 0 Å². The summed E-state index contributed by atoms with van der Waals surface area (Å²) in [4.78, 5) is 10.5. The Kier molecular flexibility index (Phi) is 6.20. The molecule has 0 saturated carbocycles. The lowest BCUT2D eigenvalue weighted by Gasteiger charge is -2.14. The van der Waals surface area contributed by atoms with Crippen LogP contribution in [-0.2, 0) is 4.79 Å². The summed E-state index contributed by atoms with van der Waals surface area (Å²) >= 11 is 1.60. The van der Waals surface area contributed by atoms with E-state index >= 15 is 0 Å². The molecule has 0 aliphatic carbocycles. The van der Waals surface area contributed by atoms with Crippen molar-refractivity contribution >= 4 is 17.7 Å². The Morgan fingerprint density at radius 3 is 2.50 bits per heavy atom. The fourth-order valence-corrected chi connectivity index (χ4v) is 1.75. The van der Waals surface area contributed by atoms with E-state index in [4.69, 9.17) is 10.2 Å². The predicted octanol–water partition coefficient (Wildman–Crippen LogP) is 1.21. The first kappa shape index (κ1) is 11.8. The zero-order chi connectivity index (χ0) is 9.56. The van der Waals surface area contributed by atoms with Gasteiger partial charge in [-0.15, -0.1) is 0 Å². The number of aliphatic hydroxyl groups excluding tert-OH is 1. The Bertz CT molecular complexity index is 138. The second-order valence-electron chi connectivity index (χ2n) is 2.78. The second-order valence-corrected chi connectivity index (χ2v) is 4.27. The molecule has 0 aliphatic heterocycles. The van der Waals surface area contributed by atoms with E-state index in [0.717, 1.165) is 12.2 Å². The number of carbonyl (C=O) groups is 1. The third-order valence-electron chi connectivity index (χ3n) is 1.78. The van der Waals surface area contributed by atoms with Gasteiger partial charge >= 0.3 is 5.97 Å². The second kappa shape index (κ2) is 6.31. The maximum atomic E-state index is 10.5. The molecule has 2 unspecified atom stereocenters. The highest BCUT2D eigenvalue weighted by Gasteiger charge is 2.18. The standard InChI is InChI=1S/C8H16O3S/c1-6(8(10)11)7(2)12-5-3-4-9/h6-7,9H,3-5H2,1-2H3,(H,10,11).